The van der Waals surface area contributed by atoms with Crippen LogP contribution >= 0.6 is 0 Å². The number of ether oxygens (including phenoxy) is 2. The number of hydrogen-bond donors (Lipinski definition) is 1. The normalized spacial score (nSPS) is 14.5. The summed E-state index contributed by atoms with van der Waals surface area (Å²) in [6, 6.07) is 0. The SMILES string of the molecule is CCCCOC(CCC)NC(CCC)OCCCC. The Morgan fingerprint density at radius 2 is 1.11 bits per heavy atom. The van der Waals surface area contributed by atoms with Crippen molar-refractivity contribution in [3.8, 4) is 0 Å². The summed E-state index contributed by atoms with van der Waals surface area (Å²) in [6.07, 6.45) is 9.32. The van der Waals surface area contributed by atoms with Crippen LogP contribution < -0.4 is 5.32 Å². The number of rotatable bonds is 14. The zero-order valence-electron chi connectivity index (χ0n) is 13.5. The van der Waals surface area contributed by atoms with Gasteiger partial charge in [0.05, 0.1) is 0 Å². The second-order valence-corrected chi connectivity index (χ2v) is 5.17. The van der Waals surface area contributed by atoms with Crippen LogP contribution in [-0.4, -0.2) is 25.7 Å². The summed E-state index contributed by atoms with van der Waals surface area (Å²) in [7, 11) is 0. The largest absolute Gasteiger partial charge is 0.363 e. The van der Waals surface area contributed by atoms with Crippen LogP contribution in [0.15, 0.2) is 0 Å². The van der Waals surface area contributed by atoms with Gasteiger partial charge in [0.1, 0.15) is 12.5 Å². The molecular weight excluding hydrogens is 238 g/mol. The first-order valence-electron chi connectivity index (χ1n) is 8.27. The standard InChI is InChI=1S/C16H35NO2/c1-5-9-13-18-15(11-7-3)17-16(12-8-4)19-14-10-6-2/h15-17H,5-14H2,1-4H3. The van der Waals surface area contributed by atoms with E-state index >= 15 is 0 Å². The van der Waals surface area contributed by atoms with Crippen molar-refractivity contribution >= 4 is 0 Å². The lowest BCUT2D eigenvalue weighted by Gasteiger charge is -2.26. The van der Waals surface area contributed by atoms with Crippen molar-refractivity contribution in [1.29, 1.82) is 0 Å². The molecule has 116 valence electrons. The number of unbranched alkanes of at least 4 members (excludes halogenated alkanes) is 2. The van der Waals surface area contributed by atoms with Gasteiger partial charge in [0.25, 0.3) is 0 Å². The van der Waals surface area contributed by atoms with E-state index in [4.69, 9.17) is 9.47 Å². The van der Waals surface area contributed by atoms with E-state index in [9.17, 15) is 0 Å². The maximum absolute atomic E-state index is 5.91. The molecule has 0 aliphatic rings. The van der Waals surface area contributed by atoms with Gasteiger partial charge >= 0.3 is 0 Å². The Bertz CT molecular complexity index is 158. The minimum atomic E-state index is 0.148. The molecular formula is C16H35NO2. The fourth-order valence-corrected chi connectivity index (χ4v) is 1.90. The van der Waals surface area contributed by atoms with Crippen molar-refractivity contribution in [2.75, 3.05) is 13.2 Å². The lowest BCUT2D eigenvalue weighted by atomic mass is 10.2. The van der Waals surface area contributed by atoms with Gasteiger partial charge in [-0.2, -0.15) is 0 Å². The maximum Gasteiger partial charge on any atom is 0.110 e. The Morgan fingerprint density at radius 3 is 1.42 bits per heavy atom. The summed E-state index contributed by atoms with van der Waals surface area (Å²) in [4.78, 5) is 0. The van der Waals surface area contributed by atoms with Crippen LogP contribution in [0.3, 0.4) is 0 Å². The highest BCUT2D eigenvalue weighted by molar-refractivity contribution is 4.61. The Morgan fingerprint density at radius 1 is 0.684 bits per heavy atom. The summed E-state index contributed by atoms with van der Waals surface area (Å²) in [6.45, 7) is 10.5. The van der Waals surface area contributed by atoms with Gasteiger partial charge in [-0.3, -0.25) is 5.32 Å². The van der Waals surface area contributed by atoms with Gasteiger partial charge in [-0.05, 0) is 25.7 Å². The van der Waals surface area contributed by atoms with Crippen LogP contribution in [0.1, 0.15) is 79.1 Å². The Kier molecular flexibility index (Phi) is 14.2. The Hall–Kier alpha value is -0.120. The molecule has 0 aliphatic heterocycles. The van der Waals surface area contributed by atoms with Crippen LogP contribution in [0.5, 0.6) is 0 Å². The topological polar surface area (TPSA) is 30.5 Å². The first-order valence-corrected chi connectivity index (χ1v) is 8.27. The molecule has 0 heterocycles. The highest BCUT2D eigenvalue weighted by atomic mass is 16.5. The van der Waals surface area contributed by atoms with Crippen molar-refractivity contribution in [1.82, 2.24) is 5.32 Å². The molecule has 0 spiro atoms. The molecule has 2 unspecified atom stereocenters. The van der Waals surface area contributed by atoms with Crippen LogP contribution in [0.2, 0.25) is 0 Å². The van der Waals surface area contributed by atoms with Crippen molar-refractivity contribution in [3.05, 3.63) is 0 Å². The maximum atomic E-state index is 5.91. The summed E-state index contributed by atoms with van der Waals surface area (Å²) in [5, 5.41) is 3.53. The molecule has 19 heavy (non-hydrogen) atoms. The number of nitrogens with one attached hydrogen (secondary N) is 1. The number of hydrogen-bond acceptors (Lipinski definition) is 3. The predicted molar refractivity (Wildman–Crippen MR) is 82.2 cm³/mol. The quantitative estimate of drug-likeness (QED) is 0.374. The van der Waals surface area contributed by atoms with E-state index < -0.39 is 0 Å². The lowest BCUT2D eigenvalue weighted by molar-refractivity contribution is -0.0526. The monoisotopic (exact) mass is 273 g/mol. The summed E-state index contributed by atoms with van der Waals surface area (Å²) in [5.41, 5.74) is 0. The molecule has 1 N–H and O–H groups in total. The van der Waals surface area contributed by atoms with Crippen LogP contribution in [-0.2, 0) is 9.47 Å². The molecule has 0 aromatic rings. The van der Waals surface area contributed by atoms with E-state index in [0.717, 1.165) is 51.7 Å². The first-order chi connectivity index (χ1) is 9.28. The average Bonchev–Trinajstić information content (AvgIpc) is 2.39. The molecule has 0 aromatic heterocycles. The van der Waals surface area contributed by atoms with Gasteiger partial charge < -0.3 is 9.47 Å². The predicted octanol–water partition coefficient (Wildman–Crippen LogP) is 4.46. The molecule has 0 rings (SSSR count). The minimum Gasteiger partial charge on any atom is -0.363 e. The van der Waals surface area contributed by atoms with Gasteiger partial charge in [0.15, 0.2) is 0 Å². The van der Waals surface area contributed by atoms with E-state index in [1.54, 1.807) is 0 Å². The molecule has 2 atom stereocenters. The zero-order chi connectivity index (χ0) is 14.3. The minimum absolute atomic E-state index is 0.148. The van der Waals surface area contributed by atoms with Crippen LogP contribution in [0, 0.1) is 0 Å². The van der Waals surface area contributed by atoms with E-state index in [0.29, 0.717) is 0 Å². The molecule has 0 saturated heterocycles. The average molecular weight is 273 g/mol. The highest BCUT2D eigenvalue weighted by Gasteiger charge is 2.14. The third-order valence-corrected chi connectivity index (χ3v) is 3.11. The second-order valence-electron chi connectivity index (χ2n) is 5.17. The van der Waals surface area contributed by atoms with Gasteiger partial charge in [-0.15, -0.1) is 0 Å². The second kappa shape index (κ2) is 14.3. The lowest BCUT2D eigenvalue weighted by Crippen LogP contribution is -2.42. The highest BCUT2D eigenvalue weighted by Crippen LogP contribution is 2.07. The fourth-order valence-electron chi connectivity index (χ4n) is 1.90. The Labute approximate surface area is 120 Å². The van der Waals surface area contributed by atoms with Crippen molar-refractivity contribution in [3.63, 3.8) is 0 Å². The van der Waals surface area contributed by atoms with Crippen molar-refractivity contribution in [2.24, 2.45) is 0 Å². The molecule has 0 bridgehead atoms. The molecule has 0 radical (unpaired) electrons. The Balaban J connectivity index is 4.05. The summed E-state index contributed by atoms with van der Waals surface area (Å²) >= 11 is 0. The van der Waals surface area contributed by atoms with Crippen molar-refractivity contribution in [2.45, 2.75) is 91.5 Å². The van der Waals surface area contributed by atoms with Crippen molar-refractivity contribution < 1.29 is 9.47 Å². The first kappa shape index (κ1) is 18.9. The fraction of sp³-hybridized carbons (Fsp3) is 1.00. The summed E-state index contributed by atoms with van der Waals surface area (Å²) in [5.74, 6) is 0. The van der Waals surface area contributed by atoms with Crippen LogP contribution in [0.25, 0.3) is 0 Å². The third kappa shape index (κ3) is 11.4. The van der Waals surface area contributed by atoms with Crippen LogP contribution in [0.4, 0.5) is 0 Å². The zero-order valence-corrected chi connectivity index (χ0v) is 13.5. The van der Waals surface area contributed by atoms with Gasteiger partial charge in [0.2, 0.25) is 0 Å². The smallest absolute Gasteiger partial charge is 0.110 e. The van der Waals surface area contributed by atoms with E-state index in [-0.39, 0.29) is 12.5 Å². The molecule has 0 saturated carbocycles. The third-order valence-electron chi connectivity index (χ3n) is 3.11. The molecule has 0 aliphatic carbocycles. The van der Waals surface area contributed by atoms with E-state index in [1.165, 1.54) is 12.8 Å². The summed E-state index contributed by atoms with van der Waals surface area (Å²) < 4.78 is 11.8. The molecule has 3 nitrogen and oxygen atoms in total. The van der Waals surface area contributed by atoms with Gasteiger partial charge in [-0.1, -0.05) is 53.4 Å². The molecule has 0 aromatic carbocycles. The van der Waals surface area contributed by atoms with E-state index in [1.807, 2.05) is 0 Å². The molecule has 3 heteroatoms. The molecule has 0 fully saturated rings. The van der Waals surface area contributed by atoms with E-state index in [2.05, 4.69) is 33.0 Å². The molecule has 0 amide bonds. The van der Waals surface area contributed by atoms with Gasteiger partial charge in [-0.25, -0.2) is 0 Å². The van der Waals surface area contributed by atoms with Gasteiger partial charge in [0, 0.05) is 13.2 Å².